The van der Waals surface area contributed by atoms with Gasteiger partial charge in [0.1, 0.15) is 0 Å². The third-order valence-electron chi connectivity index (χ3n) is 13.6. The van der Waals surface area contributed by atoms with Gasteiger partial charge >= 0.3 is 11.9 Å². The van der Waals surface area contributed by atoms with Gasteiger partial charge in [-0.1, -0.05) is 36.4 Å². The molecule has 12 nitrogen and oxygen atoms in total. The van der Waals surface area contributed by atoms with Crippen LogP contribution in [0.25, 0.3) is 44.3 Å². The van der Waals surface area contributed by atoms with Crippen LogP contribution in [0.4, 0.5) is 0 Å². The van der Waals surface area contributed by atoms with Gasteiger partial charge in [0, 0.05) is 95.8 Å². The van der Waals surface area contributed by atoms with Gasteiger partial charge in [0.2, 0.25) is 0 Å². The SMILES string of the molecule is O=C(O)CC1(CN2CCC3(CCn4nc(-c5cnc6ccccc6c5)cc43)C2)CC1.O=C(O)CCN1CCC2(CCn3nc(-c4cnc5ccccc5c4)cc32)C1. The third-order valence-corrected chi connectivity index (χ3v) is 13.6. The Hall–Kier alpha value is -5.46. The summed E-state index contributed by atoms with van der Waals surface area (Å²) < 4.78 is 4.34. The van der Waals surface area contributed by atoms with Crippen molar-refractivity contribution in [2.24, 2.45) is 5.41 Å². The van der Waals surface area contributed by atoms with Crippen molar-refractivity contribution < 1.29 is 19.8 Å². The predicted octanol–water partition coefficient (Wildman–Crippen LogP) is 6.62. The van der Waals surface area contributed by atoms with Gasteiger partial charge in [-0.2, -0.15) is 10.2 Å². The van der Waals surface area contributed by atoms with Crippen molar-refractivity contribution >= 4 is 33.7 Å². The second-order valence-electron chi connectivity index (χ2n) is 17.4. The second kappa shape index (κ2) is 13.9. The van der Waals surface area contributed by atoms with Crippen molar-refractivity contribution in [3.63, 3.8) is 0 Å². The van der Waals surface area contributed by atoms with E-state index in [1.54, 1.807) is 0 Å². The standard InChI is InChI=1S/C24H26N4O2.C21H22N4O2/c29-22(30)13-23(5-6-23)15-27-9-7-24(16-27)8-10-28-21(24)12-20(26-28)18-11-17-3-1-2-4-19(17)25-14-18;26-20(27)5-8-24-9-6-21(14-24)7-10-25-19(21)12-18(23-25)16-11-15-3-1-2-4-17(15)22-13-16/h1-4,11-12,14H,5-10,13,15-16H2,(H,29,30);1-4,11-13H,5-10,14H2,(H,26,27). The number of carbonyl (C=O) groups is 2. The molecule has 2 atom stereocenters. The van der Waals surface area contributed by atoms with Crippen LogP contribution in [0.5, 0.6) is 0 Å². The third kappa shape index (κ3) is 6.78. The number of hydrogen-bond acceptors (Lipinski definition) is 8. The number of carboxylic acids is 2. The summed E-state index contributed by atoms with van der Waals surface area (Å²) in [6.07, 6.45) is 10.9. The van der Waals surface area contributed by atoms with Crippen molar-refractivity contribution in [1.82, 2.24) is 39.3 Å². The lowest BCUT2D eigenvalue weighted by atomic mass is 9.82. The number of fused-ring (bicyclic) bond motifs is 6. The van der Waals surface area contributed by atoms with Crippen LogP contribution >= 0.6 is 0 Å². The van der Waals surface area contributed by atoms with Gasteiger partial charge in [-0.3, -0.25) is 28.9 Å². The summed E-state index contributed by atoms with van der Waals surface area (Å²) in [5, 5.41) is 30.2. The fourth-order valence-corrected chi connectivity index (χ4v) is 10.3. The van der Waals surface area contributed by atoms with E-state index in [1.807, 2.05) is 48.8 Å². The lowest BCUT2D eigenvalue weighted by Gasteiger charge is -2.26. The van der Waals surface area contributed by atoms with Crippen molar-refractivity contribution in [2.45, 2.75) is 75.3 Å². The zero-order valence-electron chi connectivity index (χ0n) is 32.2. The molecule has 11 rings (SSSR count). The Labute approximate surface area is 331 Å². The Morgan fingerprint density at radius 3 is 1.65 bits per heavy atom. The molecule has 12 heteroatoms. The average Bonchev–Trinajstić information content (AvgIpc) is 3.86. The number of nitrogens with zero attached hydrogens (tertiary/aromatic N) is 8. The highest BCUT2D eigenvalue weighted by Gasteiger charge is 2.51. The molecule has 4 aliphatic heterocycles. The normalized spacial score (nSPS) is 23.3. The van der Waals surface area contributed by atoms with Crippen LogP contribution < -0.4 is 0 Å². The molecular weight excluding hydrogens is 717 g/mol. The quantitative estimate of drug-likeness (QED) is 0.165. The van der Waals surface area contributed by atoms with Crippen LogP contribution in [0, 0.1) is 5.41 Å². The molecule has 2 aromatic carbocycles. The molecule has 2 spiro atoms. The van der Waals surface area contributed by atoms with E-state index >= 15 is 0 Å². The average molecular weight is 765 g/mol. The zero-order chi connectivity index (χ0) is 38.8. The molecule has 5 aliphatic rings. The van der Waals surface area contributed by atoms with Crippen LogP contribution in [0.2, 0.25) is 0 Å². The van der Waals surface area contributed by atoms with Gasteiger partial charge in [-0.05, 0) is 93.4 Å². The molecule has 1 aliphatic carbocycles. The molecule has 292 valence electrons. The van der Waals surface area contributed by atoms with Crippen LogP contribution in [0.3, 0.4) is 0 Å². The summed E-state index contributed by atoms with van der Waals surface area (Å²) in [5.74, 6) is -1.38. The molecule has 6 aromatic rings. The first-order chi connectivity index (χ1) is 27.7. The predicted molar refractivity (Wildman–Crippen MR) is 217 cm³/mol. The molecule has 1 saturated carbocycles. The highest BCUT2D eigenvalue weighted by molar-refractivity contribution is 5.84. The molecule has 3 fully saturated rings. The molecule has 4 aromatic heterocycles. The first-order valence-corrected chi connectivity index (χ1v) is 20.4. The molecule has 57 heavy (non-hydrogen) atoms. The minimum atomic E-state index is -0.724. The van der Waals surface area contributed by atoms with Crippen LogP contribution in [0.1, 0.15) is 62.8 Å². The van der Waals surface area contributed by atoms with Gasteiger partial charge in [-0.25, -0.2) is 0 Å². The maximum absolute atomic E-state index is 11.2. The van der Waals surface area contributed by atoms with Gasteiger partial charge in [0.15, 0.2) is 0 Å². The summed E-state index contributed by atoms with van der Waals surface area (Å²) in [4.78, 5) is 36.1. The Morgan fingerprint density at radius 1 is 0.614 bits per heavy atom. The number of para-hydroxylation sites is 2. The molecule has 2 unspecified atom stereocenters. The highest BCUT2D eigenvalue weighted by atomic mass is 16.4. The van der Waals surface area contributed by atoms with E-state index in [0.29, 0.717) is 13.0 Å². The van der Waals surface area contributed by atoms with Crippen molar-refractivity contribution in [1.29, 1.82) is 0 Å². The molecule has 0 amide bonds. The minimum absolute atomic E-state index is 0.0259. The number of aromatic nitrogens is 6. The summed E-state index contributed by atoms with van der Waals surface area (Å²) in [5.41, 5.74) is 9.04. The summed E-state index contributed by atoms with van der Waals surface area (Å²) in [6, 6.07) is 25.1. The van der Waals surface area contributed by atoms with E-state index in [4.69, 9.17) is 15.3 Å². The largest absolute Gasteiger partial charge is 0.481 e. The van der Waals surface area contributed by atoms with E-state index in [-0.39, 0.29) is 22.7 Å². The van der Waals surface area contributed by atoms with Gasteiger partial charge < -0.3 is 20.0 Å². The Kier molecular flexibility index (Phi) is 8.75. The van der Waals surface area contributed by atoms with E-state index in [9.17, 15) is 14.7 Å². The first-order valence-electron chi connectivity index (χ1n) is 20.4. The Bertz CT molecular complexity index is 2520. The van der Waals surface area contributed by atoms with E-state index < -0.39 is 11.9 Å². The number of carboxylic acid groups (broad SMARTS) is 2. The minimum Gasteiger partial charge on any atom is -0.481 e. The van der Waals surface area contributed by atoms with Gasteiger partial charge in [-0.15, -0.1) is 0 Å². The molecule has 8 heterocycles. The maximum Gasteiger partial charge on any atom is 0.304 e. The number of likely N-dealkylation sites (tertiary alicyclic amines) is 2. The fraction of sp³-hybridized carbons (Fsp3) is 0.422. The second-order valence-corrected chi connectivity index (χ2v) is 17.4. The van der Waals surface area contributed by atoms with E-state index in [1.165, 1.54) is 11.4 Å². The number of rotatable bonds is 9. The van der Waals surface area contributed by atoms with Gasteiger partial charge in [0.25, 0.3) is 0 Å². The first kappa shape index (κ1) is 35.9. The highest BCUT2D eigenvalue weighted by Crippen LogP contribution is 2.52. The zero-order valence-corrected chi connectivity index (χ0v) is 32.2. The fourth-order valence-electron chi connectivity index (χ4n) is 10.3. The lowest BCUT2D eigenvalue weighted by Crippen LogP contribution is -2.33. The summed E-state index contributed by atoms with van der Waals surface area (Å²) in [6.45, 7) is 7.43. The molecule has 2 saturated heterocycles. The van der Waals surface area contributed by atoms with Crippen LogP contribution in [0.15, 0.2) is 85.2 Å². The molecule has 2 N–H and O–H groups in total. The Morgan fingerprint density at radius 2 is 1.12 bits per heavy atom. The topological polar surface area (TPSA) is 142 Å². The van der Waals surface area contributed by atoms with Gasteiger partial charge in [0.05, 0.1) is 35.3 Å². The summed E-state index contributed by atoms with van der Waals surface area (Å²) >= 11 is 0. The lowest BCUT2D eigenvalue weighted by molar-refractivity contribution is -0.139. The molecular formula is C45H48N8O4. The smallest absolute Gasteiger partial charge is 0.304 e. The van der Waals surface area contributed by atoms with E-state index in [2.05, 4.69) is 65.5 Å². The van der Waals surface area contributed by atoms with Crippen LogP contribution in [-0.4, -0.2) is 101 Å². The maximum atomic E-state index is 11.2. The number of hydrogen-bond donors (Lipinski definition) is 2. The monoisotopic (exact) mass is 764 g/mol. The molecule has 0 radical (unpaired) electrons. The van der Waals surface area contributed by atoms with Crippen molar-refractivity contribution in [3.05, 3.63) is 96.6 Å². The van der Waals surface area contributed by atoms with Crippen LogP contribution in [-0.2, 0) is 33.5 Å². The number of pyridine rings is 2. The number of aryl methyl sites for hydroxylation is 2. The van der Waals surface area contributed by atoms with E-state index in [0.717, 1.165) is 129 Å². The summed E-state index contributed by atoms with van der Waals surface area (Å²) in [7, 11) is 0. The number of benzene rings is 2. The van der Waals surface area contributed by atoms with Crippen molar-refractivity contribution in [2.75, 3.05) is 39.3 Å². The Balaban J connectivity index is 0.000000140. The van der Waals surface area contributed by atoms with Crippen molar-refractivity contribution in [3.8, 4) is 22.5 Å². The molecule has 0 bridgehead atoms. The number of aliphatic carboxylic acids is 2.